The van der Waals surface area contributed by atoms with Crippen molar-refractivity contribution in [3.63, 3.8) is 0 Å². The number of nitrogens with zero attached hydrogens (tertiary/aromatic N) is 2. The second-order valence-electron chi connectivity index (χ2n) is 7.69. The van der Waals surface area contributed by atoms with E-state index in [1.165, 1.54) is 0 Å². The highest BCUT2D eigenvalue weighted by molar-refractivity contribution is 5.85. The molecule has 2 aromatic rings. The number of hydrazone groups is 2. The number of para-hydroxylation sites is 2. The van der Waals surface area contributed by atoms with Crippen molar-refractivity contribution < 1.29 is 19.1 Å². The predicted molar refractivity (Wildman–Crippen MR) is 134 cm³/mol. The third-order valence-corrected chi connectivity index (χ3v) is 5.12. The van der Waals surface area contributed by atoms with Crippen LogP contribution < -0.4 is 20.3 Å². The lowest BCUT2D eigenvalue weighted by atomic mass is 10.1. The number of nitrogens with one attached hydrogen (secondary N) is 2. The number of hydrogen-bond donors (Lipinski definition) is 2. The summed E-state index contributed by atoms with van der Waals surface area (Å²) in [7, 11) is 3.19. The minimum Gasteiger partial charge on any atom is -0.496 e. The fraction of sp³-hybridized carbons (Fsp3) is 0.385. The molecule has 0 heterocycles. The fourth-order valence-electron chi connectivity index (χ4n) is 3.28. The molecule has 0 bridgehead atoms. The topological polar surface area (TPSA) is 101 Å². The zero-order valence-corrected chi connectivity index (χ0v) is 20.0. The monoisotopic (exact) mass is 466 g/mol. The van der Waals surface area contributed by atoms with E-state index in [4.69, 9.17) is 9.47 Å². The van der Waals surface area contributed by atoms with E-state index >= 15 is 0 Å². The van der Waals surface area contributed by atoms with Crippen LogP contribution in [-0.2, 0) is 9.59 Å². The Labute approximate surface area is 201 Å². The number of hydrogen-bond acceptors (Lipinski definition) is 6. The van der Waals surface area contributed by atoms with Crippen LogP contribution in [0, 0.1) is 0 Å². The average molecular weight is 467 g/mol. The molecule has 0 aliphatic heterocycles. The average Bonchev–Trinajstić information content (AvgIpc) is 2.86. The molecule has 8 heteroatoms. The molecule has 0 aromatic heterocycles. The van der Waals surface area contributed by atoms with Crippen LogP contribution in [-0.4, -0.2) is 38.5 Å². The SMILES string of the molecule is COc1ccccc1C=NNC(=O)CCCCCCCCC(=O)NN=Cc1ccccc1OC. The summed E-state index contributed by atoms with van der Waals surface area (Å²) < 4.78 is 10.5. The summed E-state index contributed by atoms with van der Waals surface area (Å²) >= 11 is 0. The van der Waals surface area contributed by atoms with E-state index in [1.807, 2.05) is 48.5 Å². The number of ether oxygens (including phenoxy) is 2. The Bertz CT molecular complexity index is 882. The molecule has 2 rings (SSSR count). The van der Waals surface area contributed by atoms with Crippen molar-refractivity contribution in [3.05, 3.63) is 59.7 Å². The van der Waals surface area contributed by atoms with E-state index in [1.54, 1.807) is 26.6 Å². The highest BCUT2D eigenvalue weighted by Crippen LogP contribution is 2.15. The summed E-state index contributed by atoms with van der Waals surface area (Å²) in [5, 5.41) is 7.99. The van der Waals surface area contributed by atoms with Gasteiger partial charge >= 0.3 is 0 Å². The number of amides is 2. The third-order valence-electron chi connectivity index (χ3n) is 5.12. The fourth-order valence-corrected chi connectivity index (χ4v) is 3.28. The lowest BCUT2D eigenvalue weighted by molar-refractivity contribution is -0.122. The number of carbonyl (C=O) groups excluding carboxylic acids is 2. The first-order valence-electron chi connectivity index (χ1n) is 11.5. The lowest BCUT2D eigenvalue weighted by Gasteiger charge is -2.04. The maximum atomic E-state index is 11.9. The van der Waals surface area contributed by atoms with Crippen LogP contribution in [0.25, 0.3) is 0 Å². The molecular formula is C26H34N4O4. The van der Waals surface area contributed by atoms with Crippen LogP contribution >= 0.6 is 0 Å². The standard InChI is InChI=1S/C26H34N4O4/c1-33-23-15-11-9-13-21(23)19-27-29-25(31)17-7-5-3-4-6-8-18-26(32)30-28-20-22-14-10-12-16-24(22)34-2/h9-16,19-20H,3-8,17-18H2,1-2H3,(H,29,31)(H,30,32). The van der Waals surface area contributed by atoms with Gasteiger partial charge in [-0.25, -0.2) is 10.9 Å². The van der Waals surface area contributed by atoms with Crippen molar-refractivity contribution in [1.82, 2.24) is 10.9 Å². The Kier molecular flexibility index (Phi) is 12.5. The molecule has 2 amide bonds. The van der Waals surface area contributed by atoms with Gasteiger partial charge in [-0.3, -0.25) is 9.59 Å². The van der Waals surface area contributed by atoms with Gasteiger partial charge in [0.1, 0.15) is 11.5 Å². The van der Waals surface area contributed by atoms with Gasteiger partial charge in [0.25, 0.3) is 0 Å². The van der Waals surface area contributed by atoms with E-state index in [-0.39, 0.29) is 11.8 Å². The minimum absolute atomic E-state index is 0.100. The van der Waals surface area contributed by atoms with Crippen molar-refractivity contribution in [2.75, 3.05) is 14.2 Å². The number of benzene rings is 2. The molecule has 8 nitrogen and oxygen atoms in total. The van der Waals surface area contributed by atoms with Crippen molar-refractivity contribution in [3.8, 4) is 11.5 Å². The normalized spacial score (nSPS) is 11.0. The second-order valence-corrected chi connectivity index (χ2v) is 7.69. The number of carbonyl (C=O) groups is 2. The van der Waals surface area contributed by atoms with Crippen molar-refractivity contribution >= 4 is 24.2 Å². The Hall–Kier alpha value is -3.68. The Balaban J connectivity index is 1.48. The first kappa shape index (κ1) is 26.6. The Morgan fingerprint density at radius 2 is 1.06 bits per heavy atom. The number of rotatable bonds is 15. The van der Waals surface area contributed by atoms with Gasteiger partial charge in [0.2, 0.25) is 11.8 Å². The summed E-state index contributed by atoms with van der Waals surface area (Å²) in [6.45, 7) is 0. The van der Waals surface area contributed by atoms with Gasteiger partial charge < -0.3 is 9.47 Å². The predicted octanol–water partition coefficient (Wildman–Crippen LogP) is 4.43. The highest BCUT2D eigenvalue weighted by Gasteiger charge is 2.03. The summed E-state index contributed by atoms with van der Waals surface area (Å²) in [6, 6.07) is 14.9. The summed E-state index contributed by atoms with van der Waals surface area (Å²) in [5.41, 5.74) is 6.72. The Morgan fingerprint density at radius 1 is 0.676 bits per heavy atom. The molecule has 0 aliphatic carbocycles. The molecule has 0 fully saturated rings. The second kappa shape index (κ2) is 16.0. The van der Waals surface area contributed by atoms with Gasteiger partial charge in [0.15, 0.2) is 0 Å². The van der Waals surface area contributed by atoms with E-state index in [0.717, 1.165) is 49.7 Å². The molecule has 0 atom stereocenters. The summed E-state index contributed by atoms with van der Waals surface area (Å²) in [6.07, 6.45) is 9.68. The van der Waals surface area contributed by atoms with Gasteiger partial charge in [-0.15, -0.1) is 0 Å². The molecule has 2 aromatic carbocycles. The molecule has 0 aliphatic rings. The van der Waals surface area contributed by atoms with Crippen LogP contribution in [0.15, 0.2) is 58.7 Å². The molecule has 34 heavy (non-hydrogen) atoms. The summed E-state index contributed by atoms with van der Waals surface area (Å²) in [5.74, 6) is 1.21. The summed E-state index contributed by atoms with van der Waals surface area (Å²) in [4.78, 5) is 23.8. The molecule has 182 valence electrons. The van der Waals surface area contributed by atoms with Crippen LogP contribution in [0.4, 0.5) is 0 Å². The van der Waals surface area contributed by atoms with Crippen molar-refractivity contribution in [2.45, 2.75) is 51.4 Å². The lowest BCUT2D eigenvalue weighted by Crippen LogP contribution is -2.17. The highest BCUT2D eigenvalue weighted by atomic mass is 16.5. The third kappa shape index (κ3) is 10.3. The molecule has 2 N–H and O–H groups in total. The van der Waals surface area contributed by atoms with Gasteiger partial charge in [-0.1, -0.05) is 49.9 Å². The van der Waals surface area contributed by atoms with Crippen LogP contribution in [0.1, 0.15) is 62.5 Å². The van der Waals surface area contributed by atoms with Gasteiger partial charge in [0.05, 0.1) is 26.6 Å². The molecule has 0 spiro atoms. The van der Waals surface area contributed by atoms with E-state index < -0.39 is 0 Å². The zero-order valence-electron chi connectivity index (χ0n) is 20.0. The maximum Gasteiger partial charge on any atom is 0.240 e. The van der Waals surface area contributed by atoms with E-state index in [9.17, 15) is 9.59 Å². The maximum absolute atomic E-state index is 11.9. The van der Waals surface area contributed by atoms with Gasteiger partial charge in [-0.05, 0) is 37.1 Å². The van der Waals surface area contributed by atoms with Gasteiger partial charge in [0, 0.05) is 24.0 Å². The smallest absolute Gasteiger partial charge is 0.240 e. The van der Waals surface area contributed by atoms with Crippen LogP contribution in [0.3, 0.4) is 0 Å². The molecular weight excluding hydrogens is 432 g/mol. The molecule has 0 radical (unpaired) electrons. The van der Waals surface area contributed by atoms with Crippen LogP contribution in [0.5, 0.6) is 11.5 Å². The Morgan fingerprint density at radius 3 is 1.47 bits per heavy atom. The molecule has 0 saturated heterocycles. The molecule has 0 saturated carbocycles. The number of methoxy groups -OCH3 is 2. The van der Waals surface area contributed by atoms with Gasteiger partial charge in [-0.2, -0.15) is 10.2 Å². The first-order chi connectivity index (χ1) is 16.6. The largest absolute Gasteiger partial charge is 0.496 e. The first-order valence-corrected chi connectivity index (χ1v) is 11.5. The number of unbranched alkanes of at least 4 members (excludes halogenated alkanes) is 5. The minimum atomic E-state index is -0.100. The van der Waals surface area contributed by atoms with Crippen molar-refractivity contribution in [2.24, 2.45) is 10.2 Å². The molecule has 0 unspecified atom stereocenters. The van der Waals surface area contributed by atoms with Crippen molar-refractivity contribution in [1.29, 1.82) is 0 Å². The zero-order chi connectivity index (χ0) is 24.4. The quantitative estimate of drug-likeness (QED) is 0.230. The van der Waals surface area contributed by atoms with Crippen LogP contribution in [0.2, 0.25) is 0 Å². The van der Waals surface area contributed by atoms with E-state index in [0.29, 0.717) is 24.3 Å². The van der Waals surface area contributed by atoms with E-state index in [2.05, 4.69) is 21.1 Å².